The molecule has 0 aliphatic carbocycles. The van der Waals surface area contributed by atoms with Crippen LogP contribution in [0, 0.1) is 0 Å². The van der Waals surface area contributed by atoms with Crippen molar-refractivity contribution in [1.29, 1.82) is 0 Å². The summed E-state index contributed by atoms with van der Waals surface area (Å²) in [6, 6.07) is 9.74. The van der Waals surface area contributed by atoms with E-state index in [1.54, 1.807) is 29.8 Å². The summed E-state index contributed by atoms with van der Waals surface area (Å²) >= 11 is 1.62. The van der Waals surface area contributed by atoms with Crippen LogP contribution in [0.5, 0.6) is 0 Å². The van der Waals surface area contributed by atoms with E-state index in [2.05, 4.69) is 20.2 Å². The Balaban J connectivity index is 1.41. The molecule has 0 bridgehead atoms. The van der Waals surface area contributed by atoms with Gasteiger partial charge in [0.2, 0.25) is 11.8 Å². The molecule has 0 atom stereocenters. The third-order valence-corrected chi connectivity index (χ3v) is 5.62. The molecule has 5 heterocycles. The number of anilines is 1. The molecule has 4 aromatic heterocycles. The predicted molar refractivity (Wildman–Crippen MR) is 109 cm³/mol. The van der Waals surface area contributed by atoms with E-state index in [1.807, 2.05) is 45.1 Å². The van der Waals surface area contributed by atoms with Gasteiger partial charge >= 0.3 is 0 Å². The maximum Gasteiger partial charge on any atom is 0.290 e. The topological polar surface area (TPSA) is 66.6 Å². The highest BCUT2D eigenvalue weighted by Crippen LogP contribution is 2.27. The molecule has 4 aromatic rings. The third-order valence-electron chi connectivity index (χ3n) is 4.94. The summed E-state index contributed by atoms with van der Waals surface area (Å²) < 4.78 is 1.89. The Labute approximate surface area is 165 Å². The van der Waals surface area contributed by atoms with Crippen LogP contribution in [0.15, 0.2) is 59.7 Å². The molecule has 0 unspecified atom stereocenters. The van der Waals surface area contributed by atoms with Crippen molar-refractivity contribution in [3.05, 3.63) is 65.5 Å². The average Bonchev–Trinajstić information content (AvgIpc) is 3.42. The summed E-state index contributed by atoms with van der Waals surface area (Å²) in [7, 11) is 0. The Morgan fingerprint density at radius 3 is 2.57 bits per heavy atom. The van der Waals surface area contributed by atoms with Crippen LogP contribution < -0.4 is 4.90 Å². The second kappa shape index (κ2) is 7.05. The molecule has 8 heteroatoms. The van der Waals surface area contributed by atoms with Crippen LogP contribution in [0.3, 0.4) is 0 Å². The van der Waals surface area contributed by atoms with Crippen LogP contribution in [-0.4, -0.2) is 56.3 Å². The highest BCUT2D eigenvalue weighted by atomic mass is 32.1. The van der Waals surface area contributed by atoms with Gasteiger partial charge in [-0.05, 0) is 29.6 Å². The monoisotopic (exact) mass is 390 g/mol. The van der Waals surface area contributed by atoms with Gasteiger partial charge in [0.1, 0.15) is 0 Å². The van der Waals surface area contributed by atoms with Crippen LogP contribution in [0.25, 0.3) is 16.8 Å². The molecule has 1 amide bonds. The number of pyridine rings is 1. The van der Waals surface area contributed by atoms with E-state index in [-0.39, 0.29) is 5.91 Å². The van der Waals surface area contributed by atoms with Gasteiger partial charge in [0, 0.05) is 55.7 Å². The fraction of sp³-hybridized carbons (Fsp3) is 0.200. The number of nitrogens with zero attached hydrogens (tertiary/aromatic N) is 6. The summed E-state index contributed by atoms with van der Waals surface area (Å²) in [6.07, 6.45) is 5.38. The SMILES string of the molecule is O=C(c1nc(-c2ccsc2)c2ccccn12)N1CCN(c2ncccn2)CC1. The number of hydrogen-bond acceptors (Lipinski definition) is 6. The number of amides is 1. The maximum atomic E-state index is 13.2. The highest BCUT2D eigenvalue weighted by Gasteiger charge is 2.27. The number of carbonyl (C=O) groups excluding carboxylic acids is 1. The fourth-order valence-corrected chi connectivity index (χ4v) is 4.15. The molecule has 1 aliphatic heterocycles. The molecule has 1 saturated heterocycles. The lowest BCUT2D eigenvalue weighted by Gasteiger charge is -2.34. The van der Waals surface area contributed by atoms with Crippen LogP contribution in [0.2, 0.25) is 0 Å². The van der Waals surface area contributed by atoms with Crippen molar-refractivity contribution in [1.82, 2.24) is 24.3 Å². The number of carbonyl (C=O) groups is 1. The van der Waals surface area contributed by atoms with Crippen molar-refractivity contribution in [2.24, 2.45) is 0 Å². The Morgan fingerprint density at radius 2 is 1.82 bits per heavy atom. The van der Waals surface area contributed by atoms with Gasteiger partial charge in [0.15, 0.2) is 0 Å². The molecule has 5 rings (SSSR count). The summed E-state index contributed by atoms with van der Waals surface area (Å²) in [4.78, 5) is 30.5. The minimum Gasteiger partial charge on any atom is -0.337 e. The van der Waals surface area contributed by atoms with Crippen LogP contribution in [-0.2, 0) is 0 Å². The number of aromatic nitrogens is 4. The van der Waals surface area contributed by atoms with Gasteiger partial charge in [0.25, 0.3) is 5.91 Å². The average molecular weight is 390 g/mol. The van der Waals surface area contributed by atoms with Gasteiger partial charge in [-0.1, -0.05) is 6.07 Å². The van der Waals surface area contributed by atoms with Crippen LogP contribution in [0.1, 0.15) is 10.6 Å². The molecule has 0 radical (unpaired) electrons. The third kappa shape index (κ3) is 2.91. The number of fused-ring (bicyclic) bond motifs is 1. The van der Waals surface area contributed by atoms with Gasteiger partial charge in [-0.15, -0.1) is 0 Å². The van der Waals surface area contributed by atoms with E-state index in [9.17, 15) is 4.79 Å². The van der Waals surface area contributed by atoms with Crippen LogP contribution in [0.4, 0.5) is 5.95 Å². The highest BCUT2D eigenvalue weighted by molar-refractivity contribution is 7.08. The normalized spacial score (nSPS) is 14.6. The first-order valence-corrected chi connectivity index (χ1v) is 10.1. The Morgan fingerprint density at radius 1 is 1.00 bits per heavy atom. The van der Waals surface area contributed by atoms with Crippen molar-refractivity contribution in [3.63, 3.8) is 0 Å². The van der Waals surface area contributed by atoms with Crippen molar-refractivity contribution in [3.8, 4) is 11.3 Å². The first kappa shape index (κ1) is 16.9. The van der Waals surface area contributed by atoms with E-state index in [0.29, 0.717) is 38.0 Å². The van der Waals surface area contributed by atoms with Crippen LogP contribution >= 0.6 is 11.3 Å². The first-order chi connectivity index (χ1) is 13.8. The summed E-state index contributed by atoms with van der Waals surface area (Å²) in [5.74, 6) is 1.12. The van der Waals surface area contributed by atoms with E-state index >= 15 is 0 Å². The molecular formula is C20H18N6OS. The van der Waals surface area contributed by atoms with Gasteiger partial charge in [-0.25, -0.2) is 15.0 Å². The van der Waals surface area contributed by atoms with Gasteiger partial charge in [-0.3, -0.25) is 9.20 Å². The Hall–Kier alpha value is -3.26. The van der Waals surface area contributed by atoms with Crippen molar-refractivity contribution in [2.45, 2.75) is 0 Å². The Bertz CT molecular complexity index is 1100. The molecule has 0 saturated carbocycles. The molecule has 0 N–H and O–H groups in total. The smallest absolute Gasteiger partial charge is 0.290 e. The quantitative estimate of drug-likeness (QED) is 0.538. The lowest BCUT2D eigenvalue weighted by atomic mass is 10.2. The van der Waals surface area contributed by atoms with E-state index < -0.39 is 0 Å². The first-order valence-electron chi connectivity index (χ1n) is 9.12. The number of imidazole rings is 1. The molecule has 0 aromatic carbocycles. The number of rotatable bonds is 3. The zero-order chi connectivity index (χ0) is 18.9. The van der Waals surface area contributed by atoms with Crippen molar-refractivity contribution >= 4 is 28.7 Å². The molecular weight excluding hydrogens is 372 g/mol. The zero-order valence-electron chi connectivity index (χ0n) is 15.1. The molecule has 7 nitrogen and oxygen atoms in total. The molecule has 1 fully saturated rings. The van der Waals surface area contributed by atoms with Gasteiger partial charge < -0.3 is 9.80 Å². The molecule has 140 valence electrons. The standard InChI is InChI=1S/C20H18N6OS/c27-19(24-9-11-25(12-10-24)20-21-6-3-7-22-20)18-23-17(15-5-13-28-14-15)16-4-1-2-8-26(16)18/h1-8,13-14H,9-12H2. The van der Waals surface area contributed by atoms with E-state index in [0.717, 1.165) is 16.8 Å². The molecule has 0 spiro atoms. The van der Waals surface area contributed by atoms with Gasteiger partial charge in [-0.2, -0.15) is 11.3 Å². The zero-order valence-corrected chi connectivity index (χ0v) is 15.9. The van der Waals surface area contributed by atoms with Crippen molar-refractivity contribution < 1.29 is 4.79 Å². The largest absolute Gasteiger partial charge is 0.337 e. The molecule has 1 aliphatic rings. The second-order valence-electron chi connectivity index (χ2n) is 6.58. The van der Waals surface area contributed by atoms with Gasteiger partial charge in [0.05, 0.1) is 11.2 Å². The minimum absolute atomic E-state index is 0.0451. The number of hydrogen-bond donors (Lipinski definition) is 0. The fourth-order valence-electron chi connectivity index (χ4n) is 3.51. The molecule has 28 heavy (non-hydrogen) atoms. The maximum absolute atomic E-state index is 13.2. The van der Waals surface area contributed by atoms with Crippen molar-refractivity contribution in [2.75, 3.05) is 31.1 Å². The Kier molecular flexibility index (Phi) is 4.25. The minimum atomic E-state index is -0.0451. The van der Waals surface area contributed by atoms with E-state index in [4.69, 9.17) is 4.98 Å². The lowest BCUT2D eigenvalue weighted by Crippen LogP contribution is -2.49. The lowest BCUT2D eigenvalue weighted by molar-refractivity contribution is 0.0733. The number of thiophene rings is 1. The summed E-state index contributed by atoms with van der Waals surface area (Å²) in [5.41, 5.74) is 2.83. The van der Waals surface area contributed by atoms with E-state index in [1.165, 1.54) is 0 Å². The second-order valence-corrected chi connectivity index (χ2v) is 7.36. The summed E-state index contributed by atoms with van der Waals surface area (Å²) in [5, 5.41) is 4.08. The number of piperazine rings is 1. The summed E-state index contributed by atoms with van der Waals surface area (Å²) in [6.45, 7) is 2.64. The predicted octanol–water partition coefficient (Wildman–Crippen LogP) is 2.82.